The summed E-state index contributed by atoms with van der Waals surface area (Å²) in [6.45, 7) is 2.29. The molecular weight excluding hydrogens is 470 g/mol. The molecule has 0 radical (unpaired) electrons. The van der Waals surface area contributed by atoms with E-state index in [0.717, 1.165) is 21.4 Å². The van der Waals surface area contributed by atoms with Crippen LogP contribution in [0.4, 0.5) is 15.3 Å². The second-order valence-electron chi connectivity index (χ2n) is 9.63. The molecule has 190 valence electrons. The topological polar surface area (TPSA) is 111 Å². The Kier molecular flexibility index (Phi) is 6.52. The summed E-state index contributed by atoms with van der Waals surface area (Å²) < 4.78 is 0. The quantitative estimate of drug-likeness (QED) is 0.467. The highest BCUT2D eigenvalue weighted by Crippen LogP contribution is 2.31. The van der Waals surface area contributed by atoms with Crippen molar-refractivity contribution in [1.29, 1.82) is 0 Å². The van der Waals surface area contributed by atoms with Crippen LogP contribution in [0.25, 0.3) is 10.8 Å². The number of imide groups is 1. The summed E-state index contributed by atoms with van der Waals surface area (Å²) in [5.74, 6) is -0.867. The third-order valence-electron chi connectivity index (χ3n) is 7.08. The highest BCUT2D eigenvalue weighted by molar-refractivity contribution is 6.09. The number of piperidine rings is 1. The van der Waals surface area contributed by atoms with Gasteiger partial charge in [0.15, 0.2) is 0 Å². The summed E-state index contributed by atoms with van der Waals surface area (Å²) >= 11 is 0. The van der Waals surface area contributed by atoms with E-state index < -0.39 is 23.4 Å². The molecule has 2 saturated heterocycles. The molecule has 6 amide bonds. The Labute approximate surface area is 214 Å². The standard InChI is InChI=1S/C28H29N5O4/c1-28(21-12-11-19-7-5-6-8-20(19)17-21)25(35)33(27(37)31-28)18-24(34)29-23-13-15-32(16-14-23)26(36)30-22-9-3-2-4-10-22/h2-12,17,23H,13-16,18H2,1H3,(H,29,34)(H,30,36)(H,31,37). The number of nitrogens with one attached hydrogen (secondary N) is 3. The molecule has 2 aliphatic heterocycles. The third-order valence-corrected chi connectivity index (χ3v) is 7.08. The Bertz CT molecular complexity index is 1350. The first-order valence-electron chi connectivity index (χ1n) is 12.4. The maximum Gasteiger partial charge on any atom is 0.325 e. The van der Waals surface area contributed by atoms with Crippen LogP contribution in [0.15, 0.2) is 72.8 Å². The maximum atomic E-state index is 13.3. The van der Waals surface area contributed by atoms with Crippen LogP contribution in [-0.2, 0) is 15.1 Å². The van der Waals surface area contributed by atoms with Crippen molar-refractivity contribution in [3.63, 3.8) is 0 Å². The molecular formula is C28H29N5O4. The predicted molar refractivity (Wildman–Crippen MR) is 140 cm³/mol. The number of para-hydroxylation sites is 1. The van der Waals surface area contributed by atoms with Gasteiger partial charge in [-0.25, -0.2) is 9.59 Å². The van der Waals surface area contributed by atoms with Crippen LogP contribution in [0.1, 0.15) is 25.3 Å². The van der Waals surface area contributed by atoms with Crippen LogP contribution >= 0.6 is 0 Å². The van der Waals surface area contributed by atoms with Crippen molar-refractivity contribution in [2.45, 2.75) is 31.3 Å². The lowest BCUT2D eigenvalue weighted by atomic mass is 9.90. The molecule has 2 heterocycles. The minimum absolute atomic E-state index is 0.138. The number of nitrogens with zero attached hydrogens (tertiary/aromatic N) is 2. The van der Waals surface area contributed by atoms with Crippen LogP contribution in [0.2, 0.25) is 0 Å². The number of rotatable bonds is 5. The number of carbonyl (C=O) groups is 4. The van der Waals surface area contributed by atoms with Gasteiger partial charge in [-0.05, 0) is 54.3 Å². The summed E-state index contributed by atoms with van der Waals surface area (Å²) in [6.07, 6.45) is 1.17. The van der Waals surface area contributed by atoms with Crippen molar-refractivity contribution >= 4 is 40.3 Å². The third kappa shape index (κ3) is 4.97. The first-order chi connectivity index (χ1) is 17.8. The molecule has 5 rings (SSSR count). The second-order valence-corrected chi connectivity index (χ2v) is 9.63. The molecule has 9 heteroatoms. The fourth-order valence-corrected chi connectivity index (χ4v) is 4.90. The molecule has 0 spiro atoms. The van der Waals surface area contributed by atoms with Crippen molar-refractivity contribution in [2.75, 3.05) is 25.0 Å². The molecule has 3 N–H and O–H groups in total. The van der Waals surface area contributed by atoms with Gasteiger partial charge < -0.3 is 20.9 Å². The molecule has 0 saturated carbocycles. The minimum Gasteiger partial charge on any atom is -0.352 e. The van der Waals surface area contributed by atoms with Crippen molar-refractivity contribution < 1.29 is 19.2 Å². The number of benzene rings is 3. The lowest BCUT2D eigenvalue weighted by Crippen LogP contribution is -2.50. The summed E-state index contributed by atoms with van der Waals surface area (Å²) in [4.78, 5) is 53.9. The molecule has 0 aromatic heterocycles. The zero-order chi connectivity index (χ0) is 26.0. The fourth-order valence-electron chi connectivity index (χ4n) is 4.90. The number of urea groups is 2. The molecule has 9 nitrogen and oxygen atoms in total. The normalized spacial score (nSPS) is 20.1. The summed E-state index contributed by atoms with van der Waals surface area (Å²) in [5.41, 5.74) is 0.138. The Balaban J connectivity index is 1.15. The van der Waals surface area contributed by atoms with E-state index in [1.807, 2.05) is 72.8 Å². The van der Waals surface area contributed by atoms with Gasteiger partial charge in [0, 0.05) is 24.8 Å². The van der Waals surface area contributed by atoms with Crippen molar-refractivity contribution in [3.8, 4) is 0 Å². The fraction of sp³-hybridized carbons (Fsp3) is 0.286. The zero-order valence-corrected chi connectivity index (χ0v) is 20.6. The van der Waals surface area contributed by atoms with Crippen molar-refractivity contribution in [2.24, 2.45) is 0 Å². The first-order valence-corrected chi connectivity index (χ1v) is 12.4. The largest absolute Gasteiger partial charge is 0.352 e. The van der Waals surface area contributed by atoms with E-state index in [9.17, 15) is 19.2 Å². The van der Waals surface area contributed by atoms with E-state index >= 15 is 0 Å². The van der Waals surface area contributed by atoms with E-state index in [1.54, 1.807) is 11.8 Å². The highest BCUT2D eigenvalue weighted by Gasteiger charge is 2.49. The van der Waals surface area contributed by atoms with Gasteiger partial charge in [-0.3, -0.25) is 14.5 Å². The van der Waals surface area contributed by atoms with Gasteiger partial charge in [0.05, 0.1) is 0 Å². The van der Waals surface area contributed by atoms with Gasteiger partial charge in [-0.1, -0.05) is 54.6 Å². The van der Waals surface area contributed by atoms with Crippen molar-refractivity contribution in [3.05, 3.63) is 78.4 Å². The SMILES string of the molecule is CC1(c2ccc3ccccc3c2)NC(=O)N(CC(=O)NC2CCN(C(=O)Nc3ccccc3)CC2)C1=O. The van der Waals surface area contributed by atoms with Gasteiger partial charge in [0.2, 0.25) is 5.91 Å². The molecule has 1 atom stereocenters. The van der Waals surface area contributed by atoms with Crippen LogP contribution < -0.4 is 16.0 Å². The maximum absolute atomic E-state index is 13.3. The van der Waals surface area contributed by atoms with E-state index in [4.69, 9.17) is 0 Å². The number of carbonyl (C=O) groups excluding carboxylic acids is 4. The van der Waals surface area contributed by atoms with Crippen LogP contribution in [0.5, 0.6) is 0 Å². The number of amides is 6. The lowest BCUT2D eigenvalue weighted by Gasteiger charge is -2.32. The van der Waals surface area contributed by atoms with Gasteiger partial charge >= 0.3 is 12.1 Å². The summed E-state index contributed by atoms with van der Waals surface area (Å²) in [7, 11) is 0. The number of anilines is 1. The average Bonchev–Trinajstić information content (AvgIpc) is 3.13. The van der Waals surface area contributed by atoms with Gasteiger partial charge in [0.25, 0.3) is 5.91 Å². The monoisotopic (exact) mass is 499 g/mol. The molecule has 37 heavy (non-hydrogen) atoms. The molecule has 2 aliphatic rings. The van der Waals surface area contributed by atoms with Gasteiger partial charge in [-0.15, -0.1) is 0 Å². The summed E-state index contributed by atoms with van der Waals surface area (Å²) in [6, 6.07) is 21.7. The van der Waals surface area contributed by atoms with Crippen LogP contribution in [-0.4, -0.2) is 59.4 Å². The molecule has 0 bridgehead atoms. The predicted octanol–water partition coefficient (Wildman–Crippen LogP) is 3.42. The van der Waals surface area contributed by atoms with Crippen molar-refractivity contribution in [1.82, 2.24) is 20.4 Å². The van der Waals surface area contributed by atoms with Crippen LogP contribution in [0, 0.1) is 0 Å². The van der Waals surface area contributed by atoms with Crippen LogP contribution in [0.3, 0.4) is 0 Å². The van der Waals surface area contributed by atoms with E-state index in [1.165, 1.54) is 0 Å². The smallest absolute Gasteiger partial charge is 0.325 e. The van der Waals surface area contributed by atoms with Gasteiger partial charge in [-0.2, -0.15) is 0 Å². The number of fused-ring (bicyclic) bond motifs is 1. The summed E-state index contributed by atoms with van der Waals surface area (Å²) in [5, 5.41) is 10.5. The van der Waals surface area contributed by atoms with Gasteiger partial charge in [0.1, 0.15) is 12.1 Å². The average molecular weight is 500 g/mol. The minimum atomic E-state index is -1.25. The Morgan fingerprint density at radius 1 is 0.946 bits per heavy atom. The molecule has 3 aromatic rings. The second kappa shape index (κ2) is 9.93. The number of likely N-dealkylation sites (tertiary alicyclic amines) is 1. The Morgan fingerprint density at radius 3 is 2.35 bits per heavy atom. The van der Waals surface area contributed by atoms with E-state index in [2.05, 4.69) is 16.0 Å². The molecule has 3 aromatic carbocycles. The molecule has 1 unspecified atom stereocenters. The Morgan fingerprint density at radius 2 is 1.62 bits per heavy atom. The van der Waals surface area contributed by atoms with E-state index in [-0.39, 0.29) is 18.6 Å². The zero-order valence-electron chi connectivity index (χ0n) is 20.6. The number of hydrogen-bond donors (Lipinski definition) is 3. The highest BCUT2D eigenvalue weighted by atomic mass is 16.2. The lowest BCUT2D eigenvalue weighted by molar-refractivity contribution is -0.135. The Hall–Kier alpha value is -4.40. The van der Waals surface area contributed by atoms with E-state index in [0.29, 0.717) is 31.5 Å². The molecule has 2 fully saturated rings. The first kappa shape index (κ1) is 24.3. The number of hydrogen-bond acceptors (Lipinski definition) is 4. The molecule has 0 aliphatic carbocycles.